The number of pyridine rings is 1. The quantitative estimate of drug-likeness (QED) is 0.347. The molecule has 7 nitrogen and oxygen atoms in total. The van der Waals surface area contributed by atoms with Crippen molar-refractivity contribution in [2.24, 2.45) is 0 Å². The summed E-state index contributed by atoms with van der Waals surface area (Å²) >= 11 is 0. The van der Waals surface area contributed by atoms with Crippen molar-refractivity contribution in [1.29, 1.82) is 0 Å². The van der Waals surface area contributed by atoms with Crippen LogP contribution in [0.4, 0.5) is 5.82 Å². The van der Waals surface area contributed by atoms with E-state index in [9.17, 15) is 19.7 Å². The average Bonchev–Trinajstić information content (AvgIpc) is 2.60. The molecule has 1 aromatic rings. The van der Waals surface area contributed by atoms with Gasteiger partial charge in [0.15, 0.2) is 0 Å². The van der Waals surface area contributed by atoms with Gasteiger partial charge in [0.05, 0.1) is 5.56 Å². The molecule has 0 aliphatic heterocycles. The van der Waals surface area contributed by atoms with Crippen LogP contribution in [0.5, 0.6) is 0 Å². The van der Waals surface area contributed by atoms with Gasteiger partial charge in [-0.15, -0.1) is 0 Å². The van der Waals surface area contributed by atoms with E-state index in [1.54, 1.807) is 0 Å². The normalized spacial score (nSPS) is 10.4. The number of carbonyl (C=O) groups is 2. The van der Waals surface area contributed by atoms with Gasteiger partial charge < -0.3 is 10.1 Å². The molecule has 7 heteroatoms. The predicted molar refractivity (Wildman–Crippen MR) is 95.2 cm³/mol. The van der Waals surface area contributed by atoms with Gasteiger partial charge in [0.2, 0.25) is 5.91 Å². The fourth-order valence-electron chi connectivity index (χ4n) is 2.52. The first kappa shape index (κ1) is 20.7. The molecule has 0 radical (unpaired) electrons. The van der Waals surface area contributed by atoms with Crippen LogP contribution in [0.2, 0.25) is 0 Å². The van der Waals surface area contributed by atoms with Crippen molar-refractivity contribution in [3.05, 3.63) is 34.0 Å². The molecule has 0 atom stereocenters. The van der Waals surface area contributed by atoms with Gasteiger partial charge in [-0.3, -0.25) is 14.9 Å². The van der Waals surface area contributed by atoms with Crippen molar-refractivity contribution < 1.29 is 14.5 Å². The largest absolute Gasteiger partial charge is 0.364 e. The number of aromatic nitrogens is 1. The number of carbonyl (C=O) groups excluding carboxylic acids is 2. The SMILES string of the molecule is CCCCCCCCCCCC(=O)NC(=O)c1ccnc([N+](=O)[O-])c1. The number of nitrogens with one attached hydrogen (secondary N) is 1. The highest BCUT2D eigenvalue weighted by molar-refractivity contribution is 6.04. The molecule has 1 heterocycles. The molecule has 0 unspecified atom stereocenters. The smallest absolute Gasteiger partial charge is 0.358 e. The van der Waals surface area contributed by atoms with E-state index in [2.05, 4.69) is 17.2 Å². The van der Waals surface area contributed by atoms with Crippen LogP contribution in [-0.4, -0.2) is 21.7 Å². The fourth-order valence-corrected chi connectivity index (χ4v) is 2.52. The van der Waals surface area contributed by atoms with Crippen LogP contribution in [0.3, 0.4) is 0 Å². The third kappa shape index (κ3) is 8.93. The molecular weight excluding hydrogens is 322 g/mol. The highest BCUT2D eigenvalue weighted by Gasteiger charge is 2.15. The number of nitrogens with zero attached hydrogens (tertiary/aromatic N) is 2. The summed E-state index contributed by atoms with van der Waals surface area (Å²) in [7, 11) is 0. The van der Waals surface area contributed by atoms with E-state index < -0.39 is 16.6 Å². The zero-order valence-electron chi connectivity index (χ0n) is 14.8. The number of amides is 2. The van der Waals surface area contributed by atoms with E-state index >= 15 is 0 Å². The number of hydrogen-bond donors (Lipinski definition) is 1. The molecular formula is C18H27N3O4. The Bertz CT molecular complexity index is 575. The summed E-state index contributed by atoms with van der Waals surface area (Å²) in [4.78, 5) is 37.2. The Morgan fingerprint density at radius 1 is 1.08 bits per heavy atom. The maximum Gasteiger partial charge on any atom is 0.364 e. The van der Waals surface area contributed by atoms with E-state index in [1.165, 1.54) is 50.8 Å². The molecule has 25 heavy (non-hydrogen) atoms. The van der Waals surface area contributed by atoms with Crippen LogP contribution in [0.1, 0.15) is 81.5 Å². The third-order valence-electron chi connectivity index (χ3n) is 3.96. The minimum absolute atomic E-state index is 0.0575. The number of hydrogen-bond acceptors (Lipinski definition) is 5. The summed E-state index contributed by atoms with van der Waals surface area (Å²) in [6, 6.07) is 2.40. The molecule has 1 aromatic heterocycles. The first-order valence-corrected chi connectivity index (χ1v) is 8.99. The van der Waals surface area contributed by atoms with Gasteiger partial charge in [-0.1, -0.05) is 58.3 Å². The van der Waals surface area contributed by atoms with Crippen LogP contribution < -0.4 is 5.32 Å². The van der Waals surface area contributed by atoms with Crippen LogP contribution in [0, 0.1) is 10.1 Å². The van der Waals surface area contributed by atoms with Crippen LogP contribution >= 0.6 is 0 Å². The minimum atomic E-state index is -0.680. The first-order valence-electron chi connectivity index (χ1n) is 8.99. The summed E-state index contributed by atoms with van der Waals surface area (Å²) in [5.74, 6) is -1.40. The Balaban J connectivity index is 2.18. The number of imide groups is 1. The Kier molecular flexibility index (Phi) is 10.0. The Morgan fingerprint density at radius 2 is 1.68 bits per heavy atom. The second-order valence-electron chi connectivity index (χ2n) is 6.12. The number of unbranched alkanes of at least 4 members (excludes halogenated alkanes) is 8. The van der Waals surface area contributed by atoms with Crippen LogP contribution in [0.15, 0.2) is 18.3 Å². The second kappa shape index (κ2) is 12.1. The van der Waals surface area contributed by atoms with E-state index in [1.807, 2.05) is 0 Å². The van der Waals surface area contributed by atoms with Crippen molar-refractivity contribution in [1.82, 2.24) is 10.3 Å². The summed E-state index contributed by atoms with van der Waals surface area (Å²) in [5, 5.41) is 12.9. The van der Waals surface area contributed by atoms with Crippen molar-refractivity contribution in [3.63, 3.8) is 0 Å². The highest BCUT2D eigenvalue weighted by Crippen LogP contribution is 2.11. The molecule has 138 valence electrons. The number of rotatable bonds is 12. The maximum absolute atomic E-state index is 11.9. The summed E-state index contributed by atoms with van der Waals surface area (Å²) in [6.07, 6.45) is 11.8. The monoisotopic (exact) mass is 349 g/mol. The van der Waals surface area contributed by atoms with Gasteiger partial charge in [0.1, 0.15) is 6.20 Å². The molecule has 1 rings (SSSR count). The zero-order valence-corrected chi connectivity index (χ0v) is 14.8. The Hall–Kier alpha value is -2.31. The van der Waals surface area contributed by atoms with E-state index in [4.69, 9.17) is 0 Å². The molecule has 0 aromatic carbocycles. The van der Waals surface area contributed by atoms with E-state index in [0.29, 0.717) is 0 Å². The Labute approximate surface area is 148 Å². The van der Waals surface area contributed by atoms with Crippen molar-refractivity contribution in [2.45, 2.75) is 71.1 Å². The lowest BCUT2D eigenvalue weighted by molar-refractivity contribution is -0.389. The molecule has 0 bridgehead atoms. The van der Waals surface area contributed by atoms with Crippen molar-refractivity contribution >= 4 is 17.6 Å². The van der Waals surface area contributed by atoms with Crippen molar-refractivity contribution in [3.8, 4) is 0 Å². The third-order valence-corrected chi connectivity index (χ3v) is 3.96. The van der Waals surface area contributed by atoms with E-state index in [-0.39, 0.29) is 17.9 Å². The second-order valence-corrected chi connectivity index (χ2v) is 6.12. The van der Waals surface area contributed by atoms with Gasteiger partial charge in [0, 0.05) is 12.5 Å². The Morgan fingerprint density at radius 3 is 2.28 bits per heavy atom. The summed E-state index contributed by atoms with van der Waals surface area (Å²) in [6.45, 7) is 2.20. The lowest BCUT2D eigenvalue weighted by atomic mass is 10.1. The van der Waals surface area contributed by atoms with Crippen molar-refractivity contribution in [2.75, 3.05) is 0 Å². The van der Waals surface area contributed by atoms with Gasteiger partial charge >= 0.3 is 5.82 Å². The maximum atomic E-state index is 11.9. The highest BCUT2D eigenvalue weighted by atomic mass is 16.6. The molecule has 0 saturated carbocycles. The van der Waals surface area contributed by atoms with Gasteiger partial charge in [-0.25, -0.2) is 0 Å². The van der Waals surface area contributed by atoms with Crippen LogP contribution in [-0.2, 0) is 4.79 Å². The molecule has 1 N–H and O–H groups in total. The fraction of sp³-hybridized carbons (Fsp3) is 0.611. The first-order chi connectivity index (χ1) is 12.0. The van der Waals surface area contributed by atoms with Gasteiger partial charge in [-0.05, 0) is 22.4 Å². The minimum Gasteiger partial charge on any atom is -0.358 e. The molecule has 0 aliphatic rings. The lowest BCUT2D eigenvalue weighted by Gasteiger charge is -2.04. The number of nitro groups is 1. The lowest BCUT2D eigenvalue weighted by Crippen LogP contribution is -2.30. The topological polar surface area (TPSA) is 102 Å². The van der Waals surface area contributed by atoms with Crippen LogP contribution in [0.25, 0.3) is 0 Å². The molecule has 0 saturated heterocycles. The van der Waals surface area contributed by atoms with Gasteiger partial charge in [0.25, 0.3) is 5.91 Å². The van der Waals surface area contributed by atoms with E-state index in [0.717, 1.165) is 25.3 Å². The van der Waals surface area contributed by atoms with Gasteiger partial charge in [-0.2, -0.15) is 0 Å². The molecule has 0 fully saturated rings. The average molecular weight is 349 g/mol. The standard InChI is InChI=1S/C18H27N3O4/c1-2-3-4-5-6-7-8-9-10-11-17(22)20-18(23)15-12-13-19-16(14-15)21(24)25/h12-14H,2-11H2,1H3,(H,20,22,23). The summed E-state index contributed by atoms with van der Waals surface area (Å²) < 4.78 is 0. The molecule has 0 aliphatic carbocycles. The summed E-state index contributed by atoms with van der Waals surface area (Å²) in [5.41, 5.74) is 0.0575. The molecule has 2 amide bonds. The zero-order chi connectivity index (χ0) is 18.5. The molecule has 0 spiro atoms. The predicted octanol–water partition coefficient (Wildman–Crippen LogP) is 4.17.